The summed E-state index contributed by atoms with van der Waals surface area (Å²) >= 11 is 0. The number of hydrogen-bond acceptors (Lipinski definition) is 3. The van der Waals surface area contributed by atoms with Crippen LogP contribution in [0.5, 0.6) is 0 Å². The fourth-order valence-corrected chi connectivity index (χ4v) is 2.23. The summed E-state index contributed by atoms with van der Waals surface area (Å²) in [5, 5.41) is 5.29. The lowest BCUT2D eigenvalue weighted by Gasteiger charge is -2.08. The summed E-state index contributed by atoms with van der Waals surface area (Å²) in [6.45, 7) is 0. The minimum Gasteiger partial charge on any atom is -0.308 e. The van der Waals surface area contributed by atoms with Crippen molar-refractivity contribution in [1.29, 1.82) is 0 Å². The Morgan fingerprint density at radius 2 is 1.40 bits per heavy atom. The van der Waals surface area contributed by atoms with Gasteiger partial charge in [-0.05, 0) is 36.4 Å². The molecule has 0 aliphatic rings. The molecule has 2 N–H and O–H groups in total. The Balaban J connectivity index is 0.00000220. The molecule has 0 spiro atoms. The third-order valence-electron chi connectivity index (χ3n) is 2.57. The molecule has 108 valence electrons. The Morgan fingerprint density at radius 1 is 0.900 bits per heavy atom. The fourth-order valence-electron chi connectivity index (χ4n) is 1.60. The number of amides is 2. The van der Waals surface area contributed by atoms with Crippen LogP contribution < -0.4 is 10.6 Å². The number of para-hydroxylation sites is 1. The van der Waals surface area contributed by atoms with Crippen LogP contribution in [-0.2, 0) is 9.84 Å². The molecule has 0 saturated heterocycles. The second kappa shape index (κ2) is 5.75. The van der Waals surface area contributed by atoms with Gasteiger partial charge >= 0.3 is 6.03 Å². The van der Waals surface area contributed by atoms with E-state index in [1.807, 2.05) is 18.2 Å². The summed E-state index contributed by atoms with van der Waals surface area (Å²) in [6, 6.07) is 14.6. The van der Waals surface area contributed by atoms with Crippen molar-refractivity contribution in [2.45, 2.75) is 4.90 Å². The first-order chi connectivity index (χ1) is 9.45. The lowest BCUT2D eigenvalue weighted by molar-refractivity contribution is 0.262. The van der Waals surface area contributed by atoms with Crippen LogP contribution in [0.2, 0.25) is 0 Å². The lowest BCUT2D eigenvalue weighted by Crippen LogP contribution is -2.19. The van der Waals surface area contributed by atoms with Gasteiger partial charge in [-0.25, -0.2) is 13.2 Å². The van der Waals surface area contributed by atoms with E-state index in [1.54, 1.807) is 24.3 Å². The maximum Gasteiger partial charge on any atom is 0.323 e. The number of nitrogens with one attached hydrogen (secondary N) is 2. The first kappa shape index (κ1) is 14.1. The highest BCUT2D eigenvalue weighted by atomic mass is 32.2. The molecular weight excluding hydrogens is 276 g/mol. The van der Waals surface area contributed by atoms with E-state index in [0.717, 1.165) is 6.26 Å². The minimum absolute atomic E-state index is 0. The molecule has 6 heteroatoms. The van der Waals surface area contributed by atoms with Gasteiger partial charge in [0, 0.05) is 20.5 Å². The SMILES string of the molecule is CS(=O)(=O)c1ccc(NC(=O)Nc2ccccc2)cc1.[HH].[HH]. The Bertz CT molecular complexity index is 705. The molecule has 0 unspecified atom stereocenters. The average molecular weight is 294 g/mol. The van der Waals surface area contributed by atoms with Gasteiger partial charge in [0.15, 0.2) is 9.84 Å². The molecule has 5 nitrogen and oxygen atoms in total. The number of carbonyl (C=O) groups is 1. The van der Waals surface area contributed by atoms with Crippen LogP contribution in [0.1, 0.15) is 2.85 Å². The van der Waals surface area contributed by atoms with Gasteiger partial charge in [-0.2, -0.15) is 0 Å². The number of sulfone groups is 1. The van der Waals surface area contributed by atoms with E-state index in [4.69, 9.17) is 0 Å². The van der Waals surface area contributed by atoms with Crippen molar-refractivity contribution in [2.75, 3.05) is 16.9 Å². The van der Waals surface area contributed by atoms with Crippen LogP contribution in [0.4, 0.5) is 16.2 Å². The standard InChI is InChI=1S/C14H14N2O3S.2H2/c1-20(18,19)13-9-7-12(8-10-13)16-14(17)15-11-5-3-2-4-6-11;;/h2-10H,1H3,(H2,15,16,17);2*1H. The minimum atomic E-state index is -3.22. The predicted octanol–water partition coefficient (Wildman–Crippen LogP) is 3.23. The maximum atomic E-state index is 11.7. The molecule has 0 saturated carbocycles. The van der Waals surface area contributed by atoms with Gasteiger partial charge in [0.25, 0.3) is 0 Å². The van der Waals surface area contributed by atoms with E-state index >= 15 is 0 Å². The highest BCUT2D eigenvalue weighted by molar-refractivity contribution is 7.90. The summed E-state index contributed by atoms with van der Waals surface area (Å²) in [6.07, 6.45) is 1.14. The molecule has 0 aliphatic carbocycles. The first-order valence-electron chi connectivity index (χ1n) is 5.88. The molecular formula is C14H18N2O3S. The van der Waals surface area contributed by atoms with Crippen LogP contribution in [-0.4, -0.2) is 20.7 Å². The van der Waals surface area contributed by atoms with E-state index < -0.39 is 9.84 Å². The Hall–Kier alpha value is -2.34. The van der Waals surface area contributed by atoms with Crippen LogP contribution in [0, 0.1) is 0 Å². The zero-order chi connectivity index (χ0) is 14.6. The molecule has 0 aliphatic heterocycles. The van der Waals surface area contributed by atoms with Crippen molar-refractivity contribution in [3.63, 3.8) is 0 Å². The van der Waals surface area contributed by atoms with Gasteiger partial charge in [0.1, 0.15) is 0 Å². The summed E-state index contributed by atoms with van der Waals surface area (Å²) in [7, 11) is -3.22. The van der Waals surface area contributed by atoms with E-state index in [9.17, 15) is 13.2 Å². The quantitative estimate of drug-likeness (QED) is 0.912. The average Bonchev–Trinajstić information content (AvgIpc) is 2.39. The van der Waals surface area contributed by atoms with Gasteiger partial charge in [-0.3, -0.25) is 0 Å². The molecule has 20 heavy (non-hydrogen) atoms. The number of rotatable bonds is 3. The van der Waals surface area contributed by atoms with Crippen molar-refractivity contribution in [2.24, 2.45) is 0 Å². The predicted molar refractivity (Wildman–Crippen MR) is 82.9 cm³/mol. The third-order valence-corrected chi connectivity index (χ3v) is 3.70. The van der Waals surface area contributed by atoms with Crippen LogP contribution in [0.15, 0.2) is 59.5 Å². The first-order valence-corrected chi connectivity index (χ1v) is 7.77. The molecule has 2 aromatic carbocycles. The molecule has 0 bridgehead atoms. The largest absolute Gasteiger partial charge is 0.323 e. The molecule has 2 aromatic rings. The molecule has 2 rings (SSSR count). The number of urea groups is 1. The molecule has 0 heterocycles. The van der Waals surface area contributed by atoms with Gasteiger partial charge < -0.3 is 10.6 Å². The Labute approximate surface area is 120 Å². The lowest BCUT2D eigenvalue weighted by atomic mass is 10.3. The van der Waals surface area contributed by atoms with Gasteiger partial charge in [-0.1, -0.05) is 18.2 Å². The number of hydrogen-bond donors (Lipinski definition) is 2. The summed E-state index contributed by atoms with van der Waals surface area (Å²) < 4.78 is 22.6. The fraction of sp³-hybridized carbons (Fsp3) is 0.0714. The molecule has 0 radical (unpaired) electrons. The highest BCUT2D eigenvalue weighted by Gasteiger charge is 2.07. The van der Waals surface area contributed by atoms with Crippen molar-refractivity contribution in [1.82, 2.24) is 0 Å². The topological polar surface area (TPSA) is 75.3 Å². The number of benzene rings is 2. The van der Waals surface area contributed by atoms with Crippen LogP contribution in [0.3, 0.4) is 0 Å². The summed E-state index contributed by atoms with van der Waals surface area (Å²) in [4.78, 5) is 11.9. The summed E-state index contributed by atoms with van der Waals surface area (Å²) in [5.74, 6) is 0. The normalized spacial score (nSPS) is 10.8. The molecule has 0 fully saturated rings. The van der Waals surface area contributed by atoms with Crippen molar-refractivity contribution >= 4 is 27.2 Å². The third kappa shape index (κ3) is 3.83. The molecule has 0 atom stereocenters. The van der Waals surface area contributed by atoms with Crippen LogP contribution in [0.25, 0.3) is 0 Å². The Morgan fingerprint density at radius 3 is 1.90 bits per heavy atom. The maximum absolute atomic E-state index is 11.7. The van der Waals surface area contributed by atoms with Crippen molar-refractivity contribution < 1.29 is 16.1 Å². The zero-order valence-corrected chi connectivity index (χ0v) is 11.6. The zero-order valence-electron chi connectivity index (χ0n) is 10.8. The van der Waals surface area contributed by atoms with E-state index in [0.29, 0.717) is 11.4 Å². The monoisotopic (exact) mass is 294 g/mol. The van der Waals surface area contributed by atoms with Gasteiger partial charge in [0.2, 0.25) is 0 Å². The number of anilines is 2. The highest BCUT2D eigenvalue weighted by Crippen LogP contribution is 2.14. The van der Waals surface area contributed by atoms with Crippen molar-refractivity contribution in [3.05, 3.63) is 54.6 Å². The smallest absolute Gasteiger partial charge is 0.308 e. The van der Waals surface area contributed by atoms with E-state index in [-0.39, 0.29) is 13.8 Å². The number of carbonyl (C=O) groups excluding carboxylic acids is 1. The van der Waals surface area contributed by atoms with Gasteiger partial charge in [0.05, 0.1) is 4.90 Å². The second-order valence-corrected chi connectivity index (χ2v) is 6.26. The molecule has 2 amide bonds. The van der Waals surface area contributed by atoms with Crippen molar-refractivity contribution in [3.8, 4) is 0 Å². The van der Waals surface area contributed by atoms with E-state index in [1.165, 1.54) is 12.1 Å². The Kier molecular flexibility index (Phi) is 4.05. The molecule has 0 aromatic heterocycles. The summed E-state index contributed by atoms with van der Waals surface area (Å²) in [5.41, 5.74) is 1.20. The van der Waals surface area contributed by atoms with Gasteiger partial charge in [-0.15, -0.1) is 0 Å². The van der Waals surface area contributed by atoms with E-state index in [2.05, 4.69) is 10.6 Å². The van der Waals surface area contributed by atoms with Crippen LogP contribution >= 0.6 is 0 Å². The second-order valence-electron chi connectivity index (χ2n) is 4.24.